The zero-order chi connectivity index (χ0) is 15.9. The molecule has 0 bridgehead atoms. The molecule has 2 aromatic carbocycles. The Hall–Kier alpha value is -2.58. The number of nitriles is 1. The smallest absolute Gasteiger partial charge is 0.267 e. The van der Waals surface area contributed by atoms with E-state index in [2.05, 4.69) is 26.6 Å². The fourth-order valence-corrected chi connectivity index (χ4v) is 2.03. The lowest BCUT2D eigenvalue weighted by molar-refractivity contribution is -0.112. The largest absolute Gasteiger partial charge is 0.360 e. The molecule has 0 unspecified atom stereocenters. The summed E-state index contributed by atoms with van der Waals surface area (Å²) in [6.45, 7) is 1.97. The van der Waals surface area contributed by atoms with Crippen LogP contribution in [0.25, 0.3) is 0 Å². The number of hydrogen-bond donors (Lipinski definition) is 2. The molecule has 2 N–H and O–H groups in total. The monoisotopic (exact) mass is 355 g/mol. The maximum Gasteiger partial charge on any atom is 0.267 e. The van der Waals surface area contributed by atoms with E-state index in [-0.39, 0.29) is 5.57 Å². The van der Waals surface area contributed by atoms with Gasteiger partial charge in [-0.05, 0) is 48.9 Å². The zero-order valence-corrected chi connectivity index (χ0v) is 13.5. The van der Waals surface area contributed by atoms with E-state index in [1.54, 1.807) is 12.1 Å². The van der Waals surface area contributed by atoms with Gasteiger partial charge < -0.3 is 10.6 Å². The summed E-state index contributed by atoms with van der Waals surface area (Å²) in [4.78, 5) is 12.1. The molecule has 0 saturated carbocycles. The fraction of sp³-hybridized carbons (Fsp3) is 0.0588. The summed E-state index contributed by atoms with van der Waals surface area (Å²) in [7, 11) is 0. The number of carbonyl (C=O) groups excluding carboxylic acids is 1. The van der Waals surface area contributed by atoms with Crippen LogP contribution in [-0.4, -0.2) is 5.91 Å². The first-order valence-electron chi connectivity index (χ1n) is 6.59. The van der Waals surface area contributed by atoms with Gasteiger partial charge in [-0.25, -0.2) is 0 Å². The third kappa shape index (κ3) is 4.47. The van der Waals surface area contributed by atoms with Crippen LogP contribution in [0.3, 0.4) is 0 Å². The molecule has 0 saturated heterocycles. The van der Waals surface area contributed by atoms with Crippen molar-refractivity contribution in [3.8, 4) is 6.07 Å². The van der Waals surface area contributed by atoms with Gasteiger partial charge in [0, 0.05) is 22.0 Å². The highest BCUT2D eigenvalue weighted by atomic mass is 79.9. The van der Waals surface area contributed by atoms with Gasteiger partial charge in [0.15, 0.2) is 0 Å². The Morgan fingerprint density at radius 3 is 2.55 bits per heavy atom. The first kappa shape index (κ1) is 15.8. The number of nitrogens with zero attached hydrogens (tertiary/aromatic N) is 1. The topological polar surface area (TPSA) is 64.9 Å². The molecule has 0 radical (unpaired) electrons. The minimum Gasteiger partial charge on any atom is -0.360 e. The standard InChI is InChI=1S/C17H14BrN3O/c1-12-3-2-4-16(9-12)20-11-13(10-19)17(22)21-15-7-5-14(18)6-8-15/h2-9,11,20H,1H3,(H,21,22)/b13-11-. The molecule has 5 heteroatoms. The van der Waals surface area contributed by atoms with Crippen LogP contribution in [0, 0.1) is 18.3 Å². The Kier molecular flexibility index (Phi) is 5.34. The van der Waals surface area contributed by atoms with Crippen molar-refractivity contribution < 1.29 is 4.79 Å². The summed E-state index contributed by atoms with van der Waals surface area (Å²) in [5, 5.41) is 14.8. The summed E-state index contributed by atoms with van der Waals surface area (Å²) >= 11 is 3.32. The first-order valence-corrected chi connectivity index (χ1v) is 7.38. The van der Waals surface area contributed by atoms with E-state index in [4.69, 9.17) is 5.26 Å². The van der Waals surface area contributed by atoms with Crippen molar-refractivity contribution in [1.82, 2.24) is 0 Å². The van der Waals surface area contributed by atoms with Gasteiger partial charge in [-0.3, -0.25) is 4.79 Å². The molecular weight excluding hydrogens is 342 g/mol. The number of amides is 1. The molecule has 2 aromatic rings. The molecule has 0 spiro atoms. The van der Waals surface area contributed by atoms with Crippen LogP contribution in [0.1, 0.15) is 5.56 Å². The predicted octanol–water partition coefficient (Wildman–Crippen LogP) is 4.22. The van der Waals surface area contributed by atoms with Crippen molar-refractivity contribution >= 4 is 33.2 Å². The molecular formula is C17H14BrN3O. The Balaban J connectivity index is 2.07. The van der Waals surface area contributed by atoms with Crippen LogP contribution in [0.2, 0.25) is 0 Å². The van der Waals surface area contributed by atoms with Crippen molar-refractivity contribution in [2.75, 3.05) is 10.6 Å². The highest BCUT2D eigenvalue weighted by molar-refractivity contribution is 9.10. The highest BCUT2D eigenvalue weighted by Gasteiger charge is 2.09. The van der Waals surface area contributed by atoms with Crippen LogP contribution >= 0.6 is 15.9 Å². The van der Waals surface area contributed by atoms with Crippen LogP contribution in [0.15, 0.2) is 64.8 Å². The molecule has 0 aliphatic carbocycles. The van der Waals surface area contributed by atoms with E-state index < -0.39 is 5.91 Å². The first-order chi connectivity index (χ1) is 10.6. The van der Waals surface area contributed by atoms with Crippen molar-refractivity contribution in [3.63, 3.8) is 0 Å². The van der Waals surface area contributed by atoms with Crippen molar-refractivity contribution in [2.45, 2.75) is 6.92 Å². The van der Waals surface area contributed by atoms with Gasteiger partial charge in [-0.1, -0.05) is 28.1 Å². The number of aryl methyl sites for hydroxylation is 1. The van der Waals surface area contributed by atoms with Gasteiger partial charge in [-0.2, -0.15) is 5.26 Å². The maximum atomic E-state index is 12.1. The molecule has 2 rings (SSSR count). The zero-order valence-electron chi connectivity index (χ0n) is 11.9. The Bertz CT molecular complexity index is 745. The van der Waals surface area contributed by atoms with E-state index in [1.165, 1.54) is 6.20 Å². The number of nitrogens with one attached hydrogen (secondary N) is 2. The Labute approximate surface area is 137 Å². The fourth-order valence-electron chi connectivity index (χ4n) is 1.77. The van der Waals surface area contributed by atoms with Gasteiger partial charge in [0.1, 0.15) is 11.6 Å². The Morgan fingerprint density at radius 1 is 1.18 bits per heavy atom. The predicted molar refractivity (Wildman–Crippen MR) is 91.3 cm³/mol. The van der Waals surface area contributed by atoms with Gasteiger partial charge >= 0.3 is 0 Å². The second kappa shape index (κ2) is 7.43. The van der Waals surface area contributed by atoms with Crippen LogP contribution < -0.4 is 10.6 Å². The third-order valence-corrected chi connectivity index (χ3v) is 3.40. The van der Waals surface area contributed by atoms with E-state index in [0.717, 1.165) is 15.7 Å². The van der Waals surface area contributed by atoms with E-state index in [1.807, 2.05) is 49.4 Å². The van der Waals surface area contributed by atoms with Crippen LogP contribution in [0.5, 0.6) is 0 Å². The summed E-state index contributed by atoms with van der Waals surface area (Å²) in [6, 6.07) is 16.7. The molecule has 0 aliphatic heterocycles. The van der Waals surface area contributed by atoms with Crippen LogP contribution in [0.4, 0.5) is 11.4 Å². The van der Waals surface area contributed by atoms with Gasteiger partial charge in [0.2, 0.25) is 0 Å². The number of benzene rings is 2. The van der Waals surface area contributed by atoms with E-state index in [0.29, 0.717) is 5.69 Å². The number of rotatable bonds is 4. The number of anilines is 2. The normalized spacial score (nSPS) is 10.7. The SMILES string of the molecule is Cc1cccc(N/C=C(/C#N)C(=O)Nc2ccc(Br)cc2)c1. The highest BCUT2D eigenvalue weighted by Crippen LogP contribution is 2.15. The molecule has 0 atom stereocenters. The second-order valence-corrected chi connectivity index (χ2v) is 5.56. The van der Waals surface area contributed by atoms with Crippen molar-refractivity contribution in [1.29, 1.82) is 5.26 Å². The summed E-state index contributed by atoms with van der Waals surface area (Å²) in [5.74, 6) is -0.454. The number of carbonyl (C=O) groups is 1. The van der Waals surface area contributed by atoms with Gasteiger partial charge in [0.25, 0.3) is 5.91 Å². The molecule has 0 aliphatic rings. The van der Waals surface area contributed by atoms with Gasteiger partial charge in [0.05, 0.1) is 0 Å². The average Bonchev–Trinajstić information content (AvgIpc) is 2.50. The molecule has 4 nitrogen and oxygen atoms in total. The van der Waals surface area contributed by atoms with Crippen molar-refractivity contribution in [2.24, 2.45) is 0 Å². The van der Waals surface area contributed by atoms with Crippen molar-refractivity contribution in [3.05, 3.63) is 70.3 Å². The molecule has 22 heavy (non-hydrogen) atoms. The van der Waals surface area contributed by atoms with E-state index >= 15 is 0 Å². The number of halogens is 1. The molecule has 1 amide bonds. The lowest BCUT2D eigenvalue weighted by Crippen LogP contribution is -2.14. The second-order valence-electron chi connectivity index (χ2n) is 4.64. The van der Waals surface area contributed by atoms with Gasteiger partial charge in [-0.15, -0.1) is 0 Å². The molecule has 110 valence electrons. The summed E-state index contributed by atoms with van der Waals surface area (Å²) in [6.07, 6.45) is 1.41. The van der Waals surface area contributed by atoms with E-state index in [9.17, 15) is 4.79 Å². The minimum atomic E-state index is -0.454. The average molecular weight is 356 g/mol. The Morgan fingerprint density at radius 2 is 1.91 bits per heavy atom. The summed E-state index contributed by atoms with van der Waals surface area (Å²) in [5.41, 5.74) is 2.55. The summed E-state index contributed by atoms with van der Waals surface area (Å²) < 4.78 is 0.919. The third-order valence-electron chi connectivity index (χ3n) is 2.87. The maximum absolute atomic E-state index is 12.1. The molecule has 0 heterocycles. The lowest BCUT2D eigenvalue weighted by Gasteiger charge is -2.06. The molecule has 0 aromatic heterocycles. The molecule has 0 fully saturated rings. The quantitative estimate of drug-likeness (QED) is 0.637. The number of hydrogen-bond acceptors (Lipinski definition) is 3. The lowest BCUT2D eigenvalue weighted by atomic mass is 10.2. The minimum absolute atomic E-state index is 0.00410. The van der Waals surface area contributed by atoms with Crippen LogP contribution in [-0.2, 0) is 4.79 Å².